The summed E-state index contributed by atoms with van der Waals surface area (Å²) in [4.78, 5) is 57.4. The summed E-state index contributed by atoms with van der Waals surface area (Å²) in [5, 5.41) is 14.7. The Morgan fingerprint density at radius 2 is 1.69 bits per heavy atom. The van der Waals surface area contributed by atoms with Crippen molar-refractivity contribution in [3.05, 3.63) is 135 Å². The second-order valence-electron chi connectivity index (χ2n) is 11.2. The number of para-hydroxylation sites is 1. The van der Waals surface area contributed by atoms with Crippen LogP contribution in [0.15, 0.2) is 97.2 Å². The minimum atomic E-state index is -1.57. The van der Waals surface area contributed by atoms with Crippen LogP contribution in [0.3, 0.4) is 0 Å². The monoisotopic (exact) mass is 601 g/mol. The Kier molecular flexibility index (Phi) is 6.50. The lowest BCUT2D eigenvalue weighted by molar-refractivity contribution is -0.384. The van der Waals surface area contributed by atoms with Gasteiger partial charge in [0.25, 0.3) is 5.69 Å². The van der Waals surface area contributed by atoms with E-state index in [0.29, 0.717) is 17.0 Å². The van der Waals surface area contributed by atoms with Crippen LogP contribution < -0.4 is 14.8 Å². The lowest BCUT2D eigenvalue weighted by Crippen LogP contribution is -2.49. The molecule has 10 nitrogen and oxygen atoms in total. The van der Waals surface area contributed by atoms with Crippen molar-refractivity contribution in [3.8, 4) is 11.5 Å². The first-order valence-electron chi connectivity index (χ1n) is 14.3. The van der Waals surface area contributed by atoms with Crippen molar-refractivity contribution in [2.75, 3.05) is 19.5 Å². The van der Waals surface area contributed by atoms with E-state index in [9.17, 15) is 19.7 Å². The number of anilines is 1. The van der Waals surface area contributed by atoms with Crippen LogP contribution in [0.4, 0.5) is 11.4 Å². The number of carbonyl (C=O) groups excluding carboxylic acids is 3. The number of benzene rings is 4. The first-order chi connectivity index (χ1) is 21.8. The van der Waals surface area contributed by atoms with Gasteiger partial charge in [-0.25, -0.2) is 0 Å². The molecule has 7 rings (SSSR count). The van der Waals surface area contributed by atoms with Crippen molar-refractivity contribution in [1.82, 2.24) is 4.90 Å². The number of rotatable bonds is 7. The number of Topliss-reactive ketones (excluding diaryl/α,β-unsaturated/α-hetero) is 2. The van der Waals surface area contributed by atoms with Crippen molar-refractivity contribution >= 4 is 34.9 Å². The smallest absolute Gasteiger partial charge is 0.270 e. The molecule has 0 unspecified atom stereocenters. The molecule has 0 aliphatic carbocycles. The number of hydrogen-bond donors (Lipinski definition) is 1. The van der Waals surface area contributed by atoms with Crippen LogP contribution >= 0.6 is 0 Å². The van der Waals surface area contributed by atoms with E-state index >= 15 is 4.79 Å². The van der Waals surface area contributed by atoms with Crippen molar-refractivity contribution in [1.29, 1.82) is 0 Å². The van der Waals surface area contributed by atoms with Crippen LogP contribution in [0.2, 0.25) is 0 Å². The summed E-state index contributed by atoms with van der Waals surface area (Å²) in [7, 11) is 2.92. The van der Waals surface area contributed by atoms with Crippen molar-refractivity contribution < 1.29 is 28.8 Å². The van der Waals surface area contributed by atoms with Gasteiger partial charge in [0, 0.05) is 29.6 Å². The number of hydrogen-bond acceptors (Lipinski definition) is 8. The topological polar surface area (TPSA) is 128 Å². The Morgan fingerprint density at radius 1 is 0.911 bits per heavy atom. The molecule has 1 fully saturated rings. The number of non-ortho nitro benzene ring substituents is 1. The molecule has 1 N–H and O–H groups in total. The number of nitrogens with zero attached hydrogens (tertiary/aromatic N) is 2. The van der Waals surface area contributed by atoms with Crippen molar-refractivity contribution in [3.63, 3.8) is 0 Å². The van der Waals surface area contributed by atoms with Gasteiger partial charge >= 0.3 is 0 Å². The number of nitro groups is 1. The standard InChI is InChI=1S/C35H27N3O7/c1-44-23-14-15-28(45-2)25(19-23)32(40)29-30(31(39)21-9-7-10-22(18-21)38(42)43)37-17-16-20-8-3-4-11-24(20)33(37)35(29)26-12-5-6-13-27(26)36-34(35)41/h3-19,29-30,33H,1-2H3,(H,36,41)/t29-,30-,33-,35-/m1/s1. The van der Waals surface area contributed by atoms with Crippen LogP contribution in [-0.4, -0.2) is 47.6 Å². The molecule has 45 heavy (non-hydrogen) atoms. The summed E-state index contributed by atoms with van der Waals surface area (Å²) in [5.74, 6) is -2.08. The highest BCUT2D eigenvalue weighted by molar-refractivity contribution is 6.17. The van der Waals surface area contributed by atoms with Gasteiger partial charge in [0.05, 0.1) is 36.7 Å². The summed E-state index contributed by atoms with van der Waals surface area (Å²) in [6.45, 7) is 0. The van der Waals surface area contributed by atoms with Crippen LogP contribution in [0, 0.1) is 16.0 Å². The molecule has 4 aromatic carbocycles. The average molecular weight is 602 g/mol. The fraction of sp³-hybridized carbons (Fsp3) is 0.171. The molecule has 3 aliphatic rings. The van der Waals surface area contributed by atoms with E-state index in [0.717, 1.165) is 11.1 Å². The molecule has 3 heterocycles. The first-order valence-corrected chi connectivity index (χ1v) is 14.3. The van der Waals surface area contributed by atoms with Gasteiger partial charge in [-0.3, -0.25) is 24.5 Å². The number of ether oxygens (including phenoxy) is 2. The second kappa shape index (κ2) is 10.4. The number of amides is 1. The third-order valence-corrected chi connectivity index (χ3v) is 9.14. The zero-order valence-corrected chi connectivity index (χ0v) is 24.3. The third-order valence-electron chi connectivity index (χ3n) is 9.14. The van der Waals surface area contributed by atoms with E-state index in [2.05, 4.69) is 5.32 Å². The summed E-state index contributed by atoms with van der Waals surface area (Å²) >= 11 is 0. The van der Waals surface area contributed by atoms with E-state index < -0.39 is 45.8 Å². The Bertz CT molecular complexity index is 1950. The molecular weight excluding hydrogens is 574 g/mol. The van der Waals surface area contributed by atoms with Gasteiger partial charge in [0.2, 0.25) is 5.91 Å². The molecule has 1 saturated heterocycles. The van der Waals surface area contributed by atoms with Gasteiger partial charge in [0.15, 0.2) is 11.6 Å². The summed E-state index contributed by atoms with van der Waals surface area (Å²) in [6, 6.07) is 23.0. The number of methoxy groups -OCH3 is 2. The first kappa shape index (κ1) is 28.0. The SMILES string of the molecule is COc1ccc(OC)c(C(=O)[C@H]2[C@H](C(=O)c3cccc([N+](=O)[O-])c3)N3C=Cc4ccccc4[C@@H]3[C@]23C(=O)Nc2ccccc23)c1. The van der Waals surface area contributed by atoms with Crippen molar-refractivity contribution in [2.24, 2.45) is 5.92 Å². The van der Waals surface area contributed by atoms with Gasteiger partial charge in [-0.1, -0.05) is 54.6 Å². The molecule has 1 amide bonds. The molecule has 4 aromatic rings. The third kappa shape index (κ3) is 3.98. The predicted octanol–water partition coefficient (Wildman–Crippen LogP) is 5.59. The maximum atomic E-state index is 15.2. The zero-order chi connectivity index (χ0) is 31.5. The molecule has 3 aliphatic heterocycles. The number of nitrogens with one attached hydrogen (secondary N) is 1. The largest absolute Gasteiger partial charge is 0.497 e. The predicted molar refractivity (Wildman–Crippen MR) is 165 cm³/mol. The van der Waals surface area contributed by atoms with E-state index in [1.165, 1.54) is 38.5 Å². The molecule has 0 saturated carbocycles. The van der Waals surface area contributed by atoms with Gasteiger partial charge in [-0.2, -0.15) is 0 Å². The highest BCUT2D eigenvalue weighted by atomic mass is 16.6. The fourth-order valence-corrected chi connectivity index (χ4v) is 7.29. The minimum Gasteiger partial charge on any atom is -0.497 e. The van der Waals surface area contributed by atoms with E-state index in [1.807, 2.05) is 36.4 Å². The number of fused-ring (bicyclic) bond motifs is 6. The molecule has 0 bridgehead atoms. The number of carbonyl (C=O) groups is 3. The average Bonchev–Trinajstić information content (AvgIpc) is 3.55. The highest BCUT2D eigenvalue weighted by Crippen LogP contribution is 2.62. The zero-order valence-electron chi connectivity index (χ0n) is 24.3. The number of nitro benzene ring substituents is 1. The van der Waals surface area contributed by atoms with Gasteiger partial charge in [0.1, 0.15) is 23.0 Å². The highest BCUT2D eigenvalue weighted by Gasteiger charge is 2.71. The molecule has 224 valence electrons. The maximum absolute atomic E-state index is 15.2. The van der Waals surface area contributed by atoms with Crippen molar-refractivity contribution in [2.45, 2.75) is 17.5 Å². The van der Waals surface area contributed by atoms with Gasteiger partial charge in [-0.05, 0) is 47.0 Å². The molecule has 1 spiro atoms. The quantitative estimate of drug-likeness (QED) is 0.165. The molecule has 10 heteroatoms. The number of ketones is 2. The second-order valence-corrected chi connectivity index (χ2v) is 11.2. The summed E-state index contributed by atoms with van der Waals surface area (Å²) in [6.07, 6.45) is 3.60. The van der Waals surface area contributed by atoms with E-state index in [1.54, 1.807) is 47.5 Å². The van der Waals surface area contributed by atoms with Crippen LogP contribution in [0.25, 0.3) is 6.08 Å². The maximum Gasteiger partial charge on any atom is 0.270 e. The van der Waals surface area contributed by atoms with Gasteiger partial charge < -0.3 is 19.7 Å². The Balaban J connectivity index is 1.55. The Morgan fingerprint density at radius 3 is 2.47 bits per heavy atom. The summed E-state index contributed by atoms with van der Waals surface area (Å²) < 4.78 is 11.0. The molecule has 4 atom stereocenters. The van der Waals surface area contributed by atoms with Crippen LogP contribution in [0.1, 0.15) is 43.4 Å². The molecule has 0 radical (unpaired) electrons. The van der Waals surface area contributed by atoms with E-state index in [4.69, 9.17) is 9.47 Å². The molecule has 0 aromatic heterocycles. The minimum absolute atomic E-state index is 0.0550. The Labute approximate surface area is 258 Å². The van der Waals surface area contributed by atoms with Crippen LogP contribution in [-0.2, 0) is 10.2 Å². The lowest BCUT2D eigenvalue weighted by atomic mass is 9.62. The van der Waals surface area contributed by atoms with Crippen LogP contribution in [0.5, 0.6) is 11.5 Å². The van der Waals surface area contributed by atoms with Gasteiger partial charge in [-0.15, -0.1) is 0 Å². The van der Waals surface area contributed by atoms with E-state index in [-0.39, 0.29) is 22.6 Å². The Hall–Kier alpha value is -5.77. The molecular formula is C35H27N3O7. The summed E-state index contributed by atoms with van der Waals surface area (Å²) in [5.41, 5.74) is 1.14. The fourth-order valence-electron chi connectivity index (χ4n) is 7.29. The normalized spacial score (nSPS) is 22.3. The lowest BCUT2D eigenvalue weighted by Gasteiger charge is -2.38.